The fraction of sp³-hybridized carbons (Fsp3) is 0.118. The summed E-state index contributed by atoms with van der Waals surface area (Å²) in [6.45, 7) is 0. The van der Waals surface area contributed by atoms with Gasteiger partial charge in [-0.05, 0) is 30.4 Å². The van der Waals surface area contributed by atoms with Crippen molar-refractivity contribution in [2.45, 2.75) is 0 Å². The van der Waals surface area contributed by atoms with Crippen LogP contribution >= 0.6 is 0 Å². The number of halogens is 1. The molecule has 0 atom stereocenters. The maximum Gasteiger partial charge on any atom is 0.355 e. The lowest BCUT2D eigenvalue weighted by Gasteiger charge is -2.23. The highest BCUT2D eigenvalue weighted by Gasteiger charge is 2.27. The summed E-state index contributed by atoms with van der Waals surface area (Å²) in [6.07, 6.45) is 6.02. The Hall–Kier alpha value is -3.40. The fourth-order valence-electron chi connectivity index (χ4n) is 2.11. The highest BCUT2D eigenvalue weighted by atomic mass is 19.1. The number of hydrogen-bond donors (Lipinski definition) is 0. The third-order valence-corrected chi connectivity index (χ3v) is 3.24. The number of rotatable bonds is 3. The summed E-state index contributed by atoms with van der Waals surface area (Å²) in [4.78, 5) is 25.5. The van der Waals surface area contributed by atoms with Gasteiger partial charge in [-0.2, -0.15) is 5.26 Å². The predicted molar refractivity (Wildman–Crippen MR) is 82.9 cm³/mol. The van der Waals surface area contributed by atoms with Gasteiger partial charge < -0.3 is 14.4 Å². The average molecular weight is 328 g/mol. The zero-order chi connectivity index (χ0) is 17.7. The quantitative estimate of drug-likeness (QED) is 0.791. The standard InChI is InChI=1S/C17H13FN2O4/c1-23-16(21)13-5-3-4-8-20(15(13)17(22)24-2)12-6-7-14(18)11(9-12)10-19/h3-9H,1-2H3. The lowest BCUT2D eigenvalue weighted by molar-refractivity contribution is -0.139. The summed E-state index contributed by atoms with van der Waals surface area (Å²) in [5, 5.41) is 8.98. The summed E-state index contributed by atoms with van der Waals surface area (Å²) in [7, 11) is 2.36. The minimum atomic E-state index is -0.783. The van der Waals surface area contributed by atoms with E-state index < -0.39 is 17.8 Å². The largest absolute Gasteiger partial charge is 0.465 e. The molecule has 1 aromatic carbocycles. The molecule has 0 aromatic heterocycles. The van der Waals surface area contributed by atoms with E-state index in [9.17, 15) is 14.0 Å². The van der Waals surface area contributed by atoms with Crippen LogP contribution in [-0.4, -0.2) is 26.2 Å². The van der Waals surface area contributed by atoms with Gasteiger partial charge in [0.1, 0.15) is 17.6 Å². The number of benzene rings is 1. The molecule has 1 aromatic rings. The van der Waals surface area contributed by atoms with Crippen molar-refractivity contribution in [2.24, 2.45) is 0 Å². The van der Waals surface area contributed by atoms with E-state index in [1.807, 2.05) is 0 Å². The zero-order valence-corrected chi connectivity index (χ0v) is 12.9. The van der Waals surface area contributed by atoms with Crippen LogP contribution in [0.25, 0.3) is 0 Å². The van der Waals surface area contributed by atoms with Crippen LogP contribution in [0.3, 0.4) is 0 Å². The van der Waals surface area contributed by atoms with Crippen LogP contribution in [0.5, 0.6) is 0 Å². The molecule has 7 heteroatoms. The number of ether oxygens (including phenoxy) is 2. The summed E-state index contributed by atoms with van der Waals surface area (Å²) >= 11 is 0. The number of nitriles is 1. The van der Waals surface area contributed by atoms with E-state index in [1.54, 1.807) is 18.2 Å². The second kappa shape index (κ2) is 7.24. The van der Waals surface area contributed by atoms with Crippen LogP contribution in [0.1, 0.15) is 5.56 Å². The molecule has 0 fully saturated rings. The van der Waals surface area contributed by atoms with Crippen LogP contribution < -0.4 is 4.90 Å². The third kappa shape index (κ3) is 3.17. The van der Waals surface area contributed by atoms with Crippen molar-refractivity contribution in [3.05, 3.63) is 65.3 Å². The number of carbonyl (C=O) groups excluding carboxylic acids is 2. The number of carbonyl (C=O) groups is 2. The number of nitrogens with zero attached hydrogens (tertiary/aromatic N) is 2. The Bertz CT molecular complexity index is 818. The van der Waals surface area contributed by atoms with Crippen molar-refractivity contribution in [2.75, 3.05) is 19.1 Å². The van der Waals surface area contributed by atoms with Crippen LogP contribution in [-0.2, 0) is 19.1 Å². The van der Waals surface area contributed by atoms with Crippen molar-refractivity contribution in [1.29, 1.82) is 5.26 Å². The molecule has 0 aliphatic carbocycles. The van der Waals surface area contributed by atoms with Gasteiger partial charge in [0.25, 0.3) is 0 Å². The van der Waals surface area contributed by atoms with Crippen LogP contribution in [0.4, 0.5) is 10.1 Å². The van der Waals surface area contributed by atoms with Crippen LogP contribution in [0, 0.1) is 17.1 Å². The van der Waals surface area contributed by atoms with Gasteiger partial charge in [-0.25, -0.2) is 14.0 Å². The maximum atomic E-state index is 13.5. The molecule has 122 valence electrons. The van der Waals surface area contributed by atoms with Crippen molar-refractivity contribution < 1.29 is 23.5 Å². The minimum Gasteiger partial charge on any atom is -0.465 e. The predicted octanol–water partition coefficient (Wildman–Crippen LogP) is 2.19. The second-order valence-corrected chi connectivity index (χ2v) is 4.59. The number of hydrogen-bond acceptors (Lipinski definition) is 6. The van der Waals surface area contributed by atoms with E-state index in [4.69, 9.17) is 14.7 Å². The molecule has 0 N–H and O–H groups in total. The van der Waals surface area contributed by atoms with E-state index in [1.165, 1.54) is 43.5 Å². The number of allylic oxidation sites excluding steroid dienone is 2. The summed E-state index contributed by atoms with van der Waals surface area (Å²) in [5.41, 5.74) is -0.0151. The number of methoxy groups -OCH3 is 2. The average Bonchev–Trinajstić information content (AvgIpc) is 2.83. The van der Waals surface area contributed by atoms with Crippen molar-refractivity contribution >= 4 is 17.6 Å². The van der Waals surface area contributed by atoms with Crippen LogP contribution in [0.2, 0.25) is 0 Å². The normalized spacial score (nSPS) is 13.3. The third-order valence-electron chi connectivity index (χ3n) is 3.24. The van der Waals surface area contributed by atoms with E-state index in [0.717, 1.165) is 6.07 Å². The Balaban J connectivity index is 2.68. The monoisotopic (exact) mass is 328 g/mol. The highest BCUT2D eigenvalue weighted by molar-refractivity contribution is 6.05. The molecule has 2 rings (SSSR count). The highest BCUT2D eigenvalue weighted by Crippen LogP contribution is 2.27. The molecule has 24 heavy (non-hydrogen) atoms. The molecule has 0 spiro atoms. The first kappa shape index (κ1) is 17.0. The first-order valence-corrected chi connectivity index (χ1v) is 6.78. The maximum absolute atomic E-state index is 13.5. The van der Waals surface area contributed by atoms with Gasteiger partial charge in [-0.3, -0.25) is 0 Å². The Labute approximate surface area is 137 Å². The molecule has 6 nitrogen and oxygen atoms in total. The lowest BCUT2D eigenvalue weighted by atomic mass is 10.1. The van der Waals surface area contributed by atoms with Crippen molar-refractivity contribution in [3.8, 4) is 6.07 Å². The molecule has 1 heterocycles. The van der Waals surface area contributed by atoms with Gasteiger partial charge in [-0.15, -0.1) is 0 Å². The molecule has 0 saturated heterocycles. The molecule has 0 unspecified atom stereocenters. The van der Waals surface area contributed by atoms with Crippen molar-refractivity contribution in [3.63, 3.8) is 0 Å². The number of esters is 2. The number of anilines is 1. The molecular formula is C17H13FN2O4. The van der Waals surface area contributed by atoms with Crippen molar-refractivity contribution in [1.82, 2.24) is 0 Å². The molecule has 0 bridgehead atoms. The van der Waals surface area contributed by atoms with E-state index in [2.05, 4.69) is 0 Å². The first-order valence-electron chi connectivity index (χ1n) is 6.78. The van der Waals surface area contributed by atoms with Gasteiger partial charge in [-0.1, -0.05) is 6.08 Å². The second-order valence-electron chi connectivity index (χ2n) is 4.59. The molecule has 0 amide bonds. The zero-order valence-electron chi connectivity index (χ0n) is 12.9. The Morgan fingerprint density at radius 2 is 1.88 bits per heavy atom. The minimum absolute atomic E-state index is 0.0304. The van der Waals surface area contributed by atoms with E-state index in [-0.39, 0.29) is 16.8 Å². The molecule has 0 radical (unpaired) electrons. The lowest BCUT2D eigenvalue weighted by Crippen LogP contribution is -2.27. The summed E-state index contributed by atoms with van der Waals surface area (Å²) in [6, 6.07) is 5.48. The molecule has 1 aliphatic rings. The van der Waals surface area contributed by atoms with E-state index >= 15 is 0 Å². The first-order chi connectivity index (χ1) is 11.5. The molecule has 1 aliphatic heterocycles. The summed E-state index contributed by atoms with van der Waals surface area (Å²) in [5.74, 6) is -2.20. The summed E-state index contributed by atoms with van der Waals surface area (Å²) < 4.78 is 23.0. The van der Waals surface area contributed by atoms with Gasteiger partial charge in [0.2, 0.25) is 0 Å². The molecule has 0 saturated carbocycles. The molecular weight excluding hydrogens is 315 g/mol. The van der Waals surface area contributed by atoms with Gasteiger partial charge in [0, 0.05) is 11.9 Å². The topological polar surface area (TPSA) is 79.6 Å². The van der Waals surface area contributed by atoms with Gasteiger partial charge in [0.15, 0.2) is 0 Å². The van der Waals surface area contributed by atoms with E-state index in [0.29, 0.717) is 5.69 Å². The Morgan fingerprint density at radius 3 is 2.50 bits per heavy atom. The van der Waals surface area contributed by atoms with Crippen LogP contribution in [0.15, 0.2) is 53.9 Å². The fourth-order valence-corrected chi connectivity index (χ4v) is 2.11. The Morgan fingerprint density at radius 1 is 1.17 bits per heavy atom. The smallest absolute Gasteiger partial charge is 0.355 e. The SMILES string of the molecule is COC(=O)C1=C(C(=O)OC)N(c2ccc(F)c(C#N)c2)C=CC=C1. The van der Waals surface area contributed by atoms with Gasteiger partial charge >= 0.3 is 11.9 Å². The van der Waals surface area contributed by atoms with Gasteiger partial charge in [0.05, 0.1) is 25.4 Å². The Kier molecular flexibility index (Phi) is 5.12.